The van der Waals surface area contributed by atoms with Crippen molar-refractivity contribution in [3.05, 3.63) is 12.3 Å². The summed E-state index contributed by atoms with van der Waals surface area (Å²) in [6.45, 7) is 0. The van der Waals surface area contributed by atoms with Crippen LogP contribution in [-0.2, 0) is 0 Å². The summed E-state index contributed by atoms with van der Waals surface area (Å²) < 4.78 is 0. The second-order valence-corrected chi connectivity index (χ2v) is 1.84. The maximum absolute atomic E-state index is 4.83. The molecule has 0 unspecified atom stereocenters. The van der Waals surface area contributed by atoms with Crippen LogP contribution in [0.2, 0.25) is 0 Å². The molecule has 0 spiro atoms. The Hall–Kier alpha value is -0.500. The summed E-state index contributed by atoms with van der Waals surface area (Å²) in [6, 6.07) is 0. The van der Waals surface area contributed by atoms with E-state index in [1.165, 1.54) is 0 Å². The lowest BCUT2D eigenvalue weighted by molar-refractivity contribution is 1.50. The summed E-state index contributed by atoms with van der Waals surface area (Å²) >= 11 is 4.83. The normalized spacial score (nSPS) is 18.0. The molecule has 0 fully saturated rings. The number of aliphatic imine (C=N–C) groups is 1. The van der Waals surface area contributed by atoms with E-state index in [9.17, 15) is 0 Å². The fraction of sp³-hybridized carbons (Fsp3) is 0.200. The van der Waals surface area contributed by atoms with Crippen LogP contribution in [0.4, 0.5) is 0 Å². The summed E-state index contributed by atoms with van der Waals surface area (Å²) in [5.41, 5.74) is 0. The molecule has 1 nitrogen and oxygen atoms in total. The number of rotatable bonds is 0. The van der Waals surface area contributed by atoms with E-state index in [1.807, 2.05) is 12.3 Å². The van der Waals surface area contributed by atoms with Crippen molar-refractivity contribution in [1.29, 1.82) is 0 Å². The van der Waals surface area contributed by atoms with Gasteiger partial charge in [-0.15, -0.1) is 0 Å². The topological polar surface area (TPSA) is 12.4 Å². The van der Waals surface area contributed by atoms with E-state index in [4.69, 9.17) is 12.2 Å². The van der Waals surface area contributed by atoms with Crippen molar-refractivity contribution < 1.29 is 0 Å². The van der Waals surface area contributed by atoms with Gasteiger partial charge in [-0.05, 0) is 6.08 Å². The third kappa shape index (κ3) is 1.20. The largest absolute Gasteiger partial charge is 0.269 e. The summed E-state index contributed by atoms with van der Waals surface area (Å²) in [5, 5.41) is 0. The first-order valence-electron chi connectivity index (χ1n) is 2.10. The lowest BCUT2D eigenvalue weighted by atomic mass is 10.3. The monoisotopic (exact) mass is 111 g/mol. The zero-order valence-corrected chi connectivity index (χ0v) is 4.61. The van der Waals surface area contributed by atoms with Gasteiger partial charge in [0.25, 0.3) is 0 Å². The standard InChI is InChI=1S/C5H5NS/c7-5-1-3-6-4-2-5/h1,3-4H,2H2. The molecule has 1 aliphatic heterocycles. The van der Waals surface area contributed by atoms with Gasteiger partial charge in [0.2, 0.25) is 0 Å². The Morgan fingerprint density at radius 1 is 1.71 bits per heavy atom. The van der Waals surface area contributed by atoms with E-state index in [-0.39, 0.29) is 0 Å². The van der Waals surface area contributed by atoms with Gasteiger partial charge in [0.1, 0.15) is 0 Å². The molecule has 1 aliphatic rings. The zero-order valence-electron chi connectivity index (χ0n) is 3.79. The molecule has 0 aromatic heterocycles. The van der Waals surface area contributed by atoms with Gasteiger partial charge in [0.05, 0.1) is 0 Å². The van der Waals surface area contributed by atoms with Crippen molar-refractivity contribution in [3.8, 4) is 0 Å². The van der Waals surface area contributed by atoms with Crippen molar-refractivity contribution in [2.24, 2.45) is 4.99 Å². The fourth-order valence-electron chi connectivity index (χ4n) is 0.398. The van der Waals surface area contributed by atoms with Gasteiger partial charge in [0.15, 0.2) is 0 Å². The average molecular weight is 111 g/mol. The van der Waals surface area contributed by atoms with E-state index in [1.54, 1.807) is 6.20 Å². The van der Waals surface area contributed by atoms with Crippen LogP contribution >= 0.6 is 12.2 Å². The molecule has 0 atom stereocenters. The summed E-state index contributed by atoms with van der Waals surface area (Å²) in [6.07, 6.45) is 6.20. The molecular formula is C5H5NS. The Bertz CT molecular complexity index is 135. The molecular weight excluding hydrogens is 106 g/mol. The molecule has 0 N–H and O–H groups in total. The van der Waals surface area contributed by atoms with Gasteiger partial charge in [0, 0.05) is 23.7 Å². The van der Waals surface area contributed by atoms with Gasteiger partial charge < -0.3 is 0 Å². The molecule has 0 saturated heterocycles. The van der Waals surface area contributed by atoms with E-state index in [0.29, 0.717) is 0 Å². The van der Waals surface area contributed by atoms with Gasteiger partial charge >= 0.3 is 0 Å². The molecule has 0 radical (unpaired) electrons. The average Bonchev–Trinajstić information content (AvgIpc) is 1.69. The minimum absolute atomic E-state index is 0.839. The number of hydrogen-bond acceptors (Lipinski definition) is 2. The van der Waals surface area contributed by atoms with Crippen LogP contribution in [0.25, 0.3) is 0 Å². The highest BCUT2D eigenvalue weighted by molar-refractivity contribution is 7.80. The summed E-state index contributed by atoms with van der Waals surface area (Å²) in [5.74, 6) is 0. The third-order valence-corrected chi connectivity index (χ3v) is 1.05. The molecule has 0 aromatic carbocycles. The van der Waals surface area contributed by atoms with Gasteiger partial charge in [-0.1, -0.05) is 12.2 Å². The first-order valence-corrected chi connectivity index (χ1v) is 2.51. The summed E-state index contributed by atoms with van der Waals surface area (Å²) in [7, 11) is 0. The number of hydrogen-bond donors (Lipinski definition) is 0. The Labute approximate surface area is 47.8 Å². The van der Waals surface area contributed by atoms with Crippen molar-refractivity contribution in [2.45, 2.75) is 6.42 Å². The predicted octanol–water partition coefficient (Wildman–Crippen LogP) is 1.34. The highest BCUT2D eigenvalue weighted by Gasteiger charge is 1.88. The van der Waals surface area contributed by atoms with Crippen LogP contribution in [-0.4, -0.2) is 11.1 Å². The van der Waals surface area contributed by atoms with Crippen LogP contribution in [0.1, 0.15) is 6.42 Å². The number of nitrogens with zero attached hydrogens (tertiary/aromatic N) is 1. The Kier molecular flexibility index (Phi) is 1.32. The van der Waals surface area contributed by atoms with E-state index in [2.05, 4.69) is 4.99 Å². The Morgan fingerprint density at radius 2 is 2.57 bits per heavy atom. The van der Waals surface area contributed by atoms with Crippen molar-refractivity contribution in [2.75, 3.05) is 0 Å². The highest BCUT2D eigenvalue weighted by atomic mass is 32.1. The van der Waals surface area contributed by atoms with Crippen LogP contribution in [0.3, 0.4) is 0 Å². The van der Waals surface area contributed by atoms with E-state index >= 15 is 0 Å². The highest BCUT2D eigenvalue weighted by Crippen LogP contribution is 1.92. The van der Waals surface area contributed by atoms with Crippen molar-refractivity contribution in [3.63, 3.8) is 0 Å². The zero-order chi connectivity index (χ0) is 5.11. The Balaban J connectivity index is 2.66. The smallest absolute Gasteiger partial charge is 0.0275 e. The third-order valence-electron chi connectivity index (χ3n) is 0.744. The summed E-state index contributed by atoms with van der Waals surface area (Å²) in [4.78, 5) is 4.80. The van der Waals surface area contributed by atoms with Crippen molar-refractivity contribution >= 4 is 23.3 Å². The Morgan fingerprint density at radius 3 is 2.86 bits per heavy atom. The fourth-order valence-corrected chi connectivity index (χ4v) is 0.533. The van der Waals surface area contributed by atoms with Gasteiger partial charge in [-0.25, -0.2) is 0 Å². The first kappa shape index (κ1) is 4.65. The second-order valence-electron chi connectivity index (χ2n) is 1.32. The first-order chi connectivity index (χ1) is 3.39. The van der Waals surface area contributed by atoms with Gasteiger partial charge in [-0.2, -0.15) is 0 Å². The SMILES string of the molecule is S=C1C=CN=CC1. The molecule has 1 heterocycles. The maximum Gasteiger partial charge on any atom is 0.0275 e. The maximum atomic E-state index is 4.83. The minimum Gasteiger partial charge on any atom is -0.269 e. The van der Waals surface area contributed by atoms with Crippen LogP contribution in [0.5, 0.6) is 0 Å². The molecule has 1 rings (SSSR count). The minimum atomic E-state index is 0.839. The van der Waals surface area contributed by atoms with E-state index in [0.717, 1.165) is 11.3 Å². The molecule has 0 aromatic rings. The predicted molar refractivity (Wildman–Crippen MR) is 34.8 cm³/mol. The van der Waals surface area contributed by atoms with Crippen LogP contribution < -0.4 is 0 Å². The molecule has 0 amide bonds. The van der Waals surface area contributed by atoms with Crippen LogP contribution in [0.15, 0.2) is 17.3 Å². The van der Waals surface area contributed by atoms with Crippen molar-refractivity contribution in [1.82, 2.24) is 0 Å². The molecule has 7 heavy (non-hydrogen) atoms. The van der Waals surface area contributed by atoms with Crippen LogP contribution in [0, 0.1) is 0 Å². The van der Waals surface area contributed by atoms with E-state index < -0.39 is 0 Å². The number of allylic oxidation sites excluding steroid dienone is 1. The number of thiocarbonyl (C=S) groups is 1. The molecule has 0 saturated carbocycles. The quantitative estimate of drug-likeness (QED) is 0.430. The van der Waals surface area contributed by atoms with Gasteiger partial charge in [-0.3, -0.25) is 4.99 Å². The lowest BCUT2D eigenvalue weighted by Crippen LogP contribution is -1.92. The molecule has 0 aliphatic carbocycles. The lowest BCUT2D eigenvalue weighted by Gasteiger charge is -1.91. The molecule has 0 bridgehead atoms. The molecule has 36 valence electrons. The molecule has 2 heteroatoms. The second kappa shape index (κ2) is 1.98.